The van der Waals surface area contributed by atoms with Crippen molar-refractivity contribution in [2.75, 3.05) is 27.2 Å². The number of benzene rings is 3. The van der Waals surface area contributed by atoms with Gasteiger partial charge in [-0.1, -0.05) is 54.1 Å². The molecule has 43 heavy (non-hydrogen) atoms. The number of aryl methyl sites for hydroxylation is 1. The number of rotatable bonds is 12. The fourth-order valence-electron chi connectivity index (χ4n) is 4.57. The molecule has 1 unspecified atom stereocenters. The number of carbonyl (C=O) groups is 2. The number of carboxylic acids is 1. The van der Waals surface area contributed by atoms with E-state index in [4.69, 9.17) is 21.3 Å². The summed E-state index contributed by atoms with van der Waals surface area (Å²) in [4.78, 5) is 32.2. The van der Waals surface area contributed by atoms with E-state index in [1.807, 2.05) is 63.5 Å². The van der Waals surface area contributed by atoms with Gasteiger partial charge in [-0.05, 0) is 80.5 Å². The number of phenolic OH excluding ortho intramolecular Hbond substituents is 1. The van der Waals surface area contributed by atoms with Crippen LogP contribution in [0.15, 0.2) is 78.9 Å². The minimum atomic E-state index is -1.22. The number of amides is 1. The van der Waals surface area contributed by atoms with Crippen LogP contribution in [-0.4, -0.2) is 65.3 Å². The summed E-state index contributed by atoms with van der Waals surface area (Å²) in [7, 11) is 4.00. The second-order valence-electron chi connectivity index (χ2n) is 10.3. The van der Waals surface area contributed by atoms with Crippen LogP contribution in [0.5, 0.6) is 11.5 Å². The first-order chi connectivity index (χ1) is 20.1. The first-order valence-corrected chi connectivity index (χ1v) is 14.0. The van der Waals surface area contributed by atoms with Crippen molar-refractivity contribution >= 4 is 35.9 Å². The van der Waals surface area contributed by atoms with E-state index in [9.17, 15) is 19.8 Å². The third-order valence-corrected chi connectivity index (χ3v) is 7.04. The maximum Gasteiger partial charge on any atom is 0.326 e. The summed E-state index contributed by atoms with van der Waals surface area (Å²) < 4.78 is 5.99. The molecule has 4 aromatic rings. The van der Waals surface area contributed by atoms with Gasteiger partial charge in [-0.25, -0.2) is 9.78 Å². The number of aromatic nitrogens is 1. The van der Waals surface area contributed by atoms with Crippen molar-refractivity contribution in [3.05, 3.63) is 101 Å². The van der Waals surface area contributed by atoms with Gasteiger partial charge in [0, 0.05) is 24.1 Å². The molecule has 0 fully saturated rings. The first-order valence-electron chi connectivity index (χ1n) is 13.6. The Hall–Kier alpha value is -4.11. The average Bonchev–Trinajstić information content (AvgIpc) is 2.95. The van der Waals surface area contributed by atoms with E-state index in [0.717, 1.165) is 29.7 Å². The Morgan fingerprint density at radius 1 is 1.00 bits per heavy atom. The molecule has 0 saturated carbocycles. The number of carbonyl (C=O) groups excluding carboxylic acids is 1. The molecule has 0 saturated heterocycles. The molecule has 1 heterocycles. The summed E-state index contributed by atoms with van der Waals surface area (Å²) in [6.45, 7) is 3.35. The molecule has 4 rings (SSSR count). The number of aliphatic carboxylic acids is 1. The zero-order valence-corrected chi connectivity index (χ0v) is 25.8. The quantitative estimate of drug-likeness (QED) is 0.160. The predicted octanol–water partition coefficient (Wildman–Crippen LogP) is 6.26. The van der Waals surface area contributed by atoms with E-state index in [-0.39, 0.29) is 30.3 Å². The van der Waals surface area contributed by atoms with E-state index >= 15 is 0 Å². The summed E-state index contributed by atoms with van der Waals surface area (Å²) in [6, 6.07) is 21.7. The highest BCUT2D eigenvalue weighted by atomic mass is 35.5. The highest BCUT2D eigenvalue weighted by Gasteiger charge is 2.23. The molecule has 0 radical (unpaired) electrons. The smallest absolute Gasteiger partial charge is 0.326 e. The minimum Gasteiger partial charge on any atom is -0.508 e. The van der Waals surface area contributed by atoms with Crippen molar-refractivity contribution < 1.29 is 24.5 Å². The number of nitrogens with zero attached hydrogens (tertiary/aromatic N) is 2. The SMILES string of the molecule is Cc1ccccc1-c1ccc(C(=O)NC(Cc2cccc(O)c2)C(=O)O)nc1-c1ccc(Cl)c(OCCCN(C)C)c1.Cl. The molecule has 0 bridgehead atoms. The molecule has 0 aliphatic carbocycles. The predicted molar refractivity (Wildman–Crippen MR) is 171 cm³/mol. The number of nitrogens with one attached hydrogen (secondary N) is 1. The van der Waals surface area contributed by atoms with E-state index < -0.39 is 17.9 Å². The number of phenols is 1. The van der Waals surface area contributed by atoms with E-state index in [0.29, 0.717) is 34.2 Å². The molecule has 1 atom stereocenters. The number of ether oxygens (including phenoxy) is 1. The fourth-order valence-corrected chi connectivity index (χ4v) is 4.75. The van der Waals surface area contributed by atoms with Crippen molar-refractivity contribution in [2.45, 2.75) is 25.8 Å². The van der Waals surface area contributed by atoms with Crippen LogP contribution in [0, 0.1) is 6.92 Å². The molecular weight excluding hydrogens is 589 g/mol. The van der Waals surface area contributed by atoms with E-state index in [2.05, 4.69) is 10.2 Å². The minimum absolute atomic E-state index is 0. The lowest BCUT2D eigenvalue weighted by molar-refractivity contribution is -0.139. The largest absolute Gasteiger partial charge is 0.508 e. The van der Waals surface area contributed by atoms with Gasteiger partial charge >= 0.3 is 5.97 Å². The van der Waals surface area contributed by atoms with Gasteiger partial charge < -0.3 is 25.2 Å². The highest BCUT2D eigenvalue weighted by Crippen LogP contribution is 2.36. The average molecular weight is 625 g/mol. The van der Waals surface area contributed by atoms with Crippen LogP contribution in [0.2, 0.25) is 5.02 Å². The topological polar surface area (TPSA) is 112 Å². The van der Waals surface area contributed by atoms with Gasteiger partial charge in [0.2, 0.25) is 0 Å². The van der Waals surface area contributed by atoms with Crippen molar-refractivity contribution in [3.8, 4) is 33.9 Å². The van der Waals surface area contributed by atoms with Gasteiger partial charge in [-0.15, -0.1) is 12.4 Å². The Morgan fingerprint density at radius 3 is 2.47 bits per heavy atom. The van der Waals surface area contributed by atoms with Crippen LogP contribution < -0.4 is 10.1 Å². The number of carboxylic acid groups (broad SMARTS) is 1. The molecule has 8 nitrogen and oxygen atoms in total. The molecule has 1 amide bonds. The van der Waals surface area contributed by atoms with Crippen molar-refractivity contribution in [1.29, 1.82) is 0 Å². The lowest BCUT2D eigenvalue weighted by Crippen LogP contribution is -2.42. The number of aromatic hydroxyl groups is 1. The Kier molecular flexibility index (Phi) is 11.9. The molecule has 10 heteroatoms. The van der Waals surface area contributed by atoms with Crippen LogP contribution in [0.1, 0.15) is 28.0 Å². The summed E-state index contributed by atoms with van der Waals surface area (Å²) in [6.07, 6.45) is 0.818. The Bertz CT molecular complexity index is 1580. The van der Waals surface area contributed by atoms with Gasteiger partial charge in [0.1, 0.15) is 23.2 Å². The zero-order chi connectivity index (χ0) is 30.2. The van der Waals surface area contributed by atoms with Gasteiger partial charge in [-0.2, -0.15) is 0 Å². The van der Waals surface area contributed by atoms with Gasteiger partial charge in [0.15, 0.2) is 0 Å². The molecule has 3 aromatic carbocycles. The first kappa shape index (κ1) is 33.4. The molecule has 1 aromatic heterocycles. The Balaban J connectivity index is 0.00000506. The fraction of sp³-hybridized carbons (Fsp3) is 0.242. The van der Waals surface area contributed by atoms with Gasteiger partial charge in [0.05, 0.1) is 17.3 Å². The normalized spacial score (nSPS) is 11.5. The summed E-state index contributed by atoms with van der Waals surface area (Å²) >= 11 is 6.46. The van der Waals surface area contributed by atoms with Crippen molar-refractivity contribution in [3.63, 3.8) is 0 Å². The number of halogens is 2. The maximum atomic E-state index is 13.3. The summed E-state index contributed by atoms with van der Waals surface area (Å²) in [5.41, 5.74) is 4.65. The summed E-state index contributed by atoms with van der Waals surface area (Å²) in [5.74, 6) is -1.30. The summed E-state index contributed by atoms with van der Waals surface area (Å²) in [5, 5.41) is 22.6. The molecule has 0 spiro atoms. The van der Waals surface area contributed by atoms with Crippen LogP contribution >= 0.6 is 24.0 Å². The van der Waals surface area contributed by atoms with E-state index in [1.54, 1.807) is 24.3 Å². The standard InChI is InChI=1S/C33H34ClN3O5.ClH/c1-21-8-4-5-11-25(21)26-13-15-28(32(39)36-29(33(40)41)19-22-9-6-10-24(38)18-22)35-31(26)23-12-14-27(34)30(20-23)42-17-7-16-37(2)3;/h4-6,8-15,18,20,29,38H,7,16-17,19H2,1-3H3,(H,36,39)(H,40,41);1H. The third-order valence-electron chi connectivity index (χ3n) is 6.73. The lowest BCUT2D eigenvalue weighted by atomic mass is 9.95. The highest BCUT2D eigenvalue weighted by molar-refractivity contribution is 6.32. The van der Waals surface area contributed by atoms with Crippen LogP contribution in [0.3, 0.4) is 0 Å². The molecular formula is C33H35Cl2N3O5. The number of hydrogen-bond acceptors (Lipinski definition) is 6. The van der Waals surface area contributed by atoms with Crippen LogP contribution in [0.4, 0.5) is 0 Å². The van der Waals surface area contributed by atoms with Gasteiger partial charge in [-0.3, -0.25) is 4.79 Å². The monoisotopic (exact) mass is 623 g/mol. The molecule has 0 aliphatic rings. The van der Waals surface area contributed by atoms with Crippen LogP contribution in [0.25, 0.3) is 22.4 Å². The molecule has 3 N–H and O–H groups in total. The molecule has 226 valence electrons. The zero-order valence-electron chi connectivity index (χ0n) is 24.2. The second-order valence-corrected chi connectivity index (χ2v) is 10.7. The van der Waals surface area contributed by atoms with Crippen molar-refractivity contribution in [1.82, 2.24) is 15.2 Å². The second kappa shape index (κ2) is 15.4. The van der Waals surface area contributed by atoms with Crippen molar-refractivity contribution in [2.24, 2.45) is 0 Å². The lowest BCUT2D eigenvalue weighted by Gasteiger charge is -2.17. The number of hydrogen-bond donors (Lipinski definition) is 3. The third kappa shape index (κ3) is 8.94. The van der Waals surface area contributed by atoms with E-state index in [1.165, 1.54) is 12.1 Å². The molecule has 0 aliphatic heterocycles. The van der Waals surface area contributed by atoms with Crippen LogP contribution in [-0.2, 0) is 11.2 Å². The maximum absolute atomic E-state index is 13.3. The Labute approximate surface area is 262 Å². The number of pyridine rings is 1. The Morgan fingerprint density at radius 2 is 1.77 bits per heavy atom. The van der Waals surface area contributed by atoms with Gasteiger partial charge in [0.25, 0.3) is 5.91 Å².